The molecule has 86 valence electrons. The summed E-state index contributed by atoms with van der Waals surface area (Å²) in [4.78, 5) is 11.7. The van der Waals surface area contributed by atoms with Crippen LogP contribution in [0.5, 0.6) is 0 Å². The van der Waals surface area contributed by atoms with Crippen LogP contribution in [-0.4, -0.2) is 12.1 Å². The number of unbranched alkanes of at least 4 members (excludes halogenated alkanes) is 2. The van der Waals surface area contributed by atoms with Crippen molar-refractivity contribution in [1.29, 1.82) is 0 Å². The molecule has 0 aromatic heterocycles. The van der Waals surface area contributed by atoms with Crippen LogP contribution in [0.25, 0.3) is 0 Å². The van der Waals surface area contributed by atoms with Crippen molar-refractivity contribution in [1.82, 2.24) is 0 Å². The molecular weight excluding hydrogens is 200 g/mol. The Morgan fingerprint density at radius 1 is 1.31 bits per heavy atom. The minimum absolute atomic E-state index is 0.0916. The molecule has 0 amide bonds. The van der Waals surface area contributed by atoms with Gasteiger partial charge in [0.05, 0.1) is 5.56 Å². The van der Waals surface area contributed by atoms with Gasteiger partial charge in [0.2, 0.25) is 0 Å². The molecule has 0 bridgehead atoms. The van der Waals surface area contributed by atoms with E-state index in [2.05, 4.69) is 6.92 Å². The summed E-state index contributed by atoms with van der Waals surface area (Å²) in [5.74, 6) is -0.150. The van der Waals surface area contributed by atoms with Gasteiger partial charge < -0.3 is 4.74 Å². The number of hydrogen-bond acceptors (Lipinski definition) is 2. The summed E-state index contributed by atoms with van der Waals surface area (Å²) in [6.45, 7) is 2.18. The van der Waals surface area contributed by atoms with Crippen LogP contribution in [0, 0.1) is 0 Å². The van der Waals surface area contributed by atoms with E-state index in [4.69, 9.17) is 4.74 Å². The average molecular weight is 218 g/mol. The van der Waals surface area contributed by atoms with E-state index in [1.165, 1.54) is 12.8 Å². The van der Waals surface area contributed by atoms with Crippen molar-refractivity contribution in [3.8, 4) is 0 Å². The van der Waals surface area contributed by atoms with E-state index in [1.54, 1.807) is 0 Å². The highest BCUT2D eigenvalue weighted by Gasteiger charge is 2.25. The molecule has 16 heavy (non-hydrogen) atoms. The van der Waals surface area contributed by atoms with Crippen LogP contribution in [0.2, 0.25) is 0 Å². The summed E-state index contributed by atoms with van der Waals surface area (Å²) in [5, 5.41) is 0. The molecule has 0 aliphatic carbocycles. The number of carbonyl (C=O) groups excluding carboxylic acids is 1. The molecule has 2 nitrogen and oxygen atoms in total. The van der Waals surface area contributed by atoms with Gasteiger partial charge in [0.15, 0.2) is 0 Å². The van der Waals surface area contributed by atoms with E-state index >= 15 is 0 Å². The van der Waals surface area contributed by atoms with Crippen molar-refractivity contribution in [2.75, 3.05) is 0 Å². The first-order valence-corrected chi connectivity index (χ1v) is 6.10. The second kappa shape index (κ2) is 5.15. The zero-order valence-corrected chi connectivity index (χ0v) is 9.74. The predicted octanol–water partition coefficient (Wildman–Crippen LogP) is 3.35. The lowest BCUT2D eigenvalue weighted by Crippen LogP contribution is -2.27. The summed E-state index contributed by atoms with van der Waals surface area (Å²) in [6, 6.07) is 7.75. The molecule has 2 heteroatoms. The van der Waals surface area contributed by atoms with E-state index in [0.29, 0.717) is 0 Å². The van der Waals surface area contributed by atoms with E-state index < -0.39 is 0 Å². The molecule has 0 fully saturated rings. The molecule has 1 aliphatic heterocycles. The van der Waals surface area contributed by atoms with Gasteiger partial charge in [-0.15, -0.1) is 0 Å². The number of carbonyl (C=O) groups is 1. The molecule has 0 N–H and O–H groups in total. The lowest BCUT2D eigenvalue weighted by atomic mass is 9.96. The summed E-state index contributed by atoms with van der Waals surface area (Å²) in [7, 11) is 0. The summed E-state index contributed by atoms with van der Waals surface area (Å²) in [5.41, 5.74) is 1.88. The Morgan fingerprint density at radius 3 is 2.94 bits per heavy atom. The number of benzene rings is 1. The van der Waals surface area contributed by atoms with Crippen LogP contribution in [0.15, 0.2) is 24.3 Å². The molecule has 1 aromatic carbocycles. The van der Waals surface area contributed by atoms with E-state index in [9.17, 15) is 4.79 Å². The molecule has 1 unspecified atom stereocenters. The van der Waals surface area contributed by atoms with Crippen LogP contribution in [0.3, 0.4) is 0 Å². The molecule has 0 saturated heterocycles. The molecule has 2 rings (SSSR count). The van der Waals surface area contributed by atoms with Gasteiger partial charge in [-0.1, -0.05) is 38.0 Å². The number of fused-ring (bicyclic) bond motifs is 1. The van der Waals surface area contributed by atoms with Crippen LogP contribution in [-0.2, 0) is 11.2 Å². The van der Waals surface area contributed by atoms with E-state index in [1.807, 2.05) is 24.3 Å². The van der Waals surface area contributed by atoms with Crippen molar-refractivity contribution in [3.63, 3.8) is 0 Å². The van der Waals surface area contributed by atoms with Gasteiger partial charge >= 0.3 is 5.97 Å². The Bertz CT molecular complexity index is 371. The second-order valence-corrected chi connectivity index (χ2v) is 4.38. The van der Waals surface area contributed by atoms with Gasteiger partial charge in [-0.2, -0.15) is 0 Å². The molecule has 1 aliphatic rings. The molecule has 1 atom stereocenters. The Morgan fingerprint density at radius 2 is 2.12 bits per heavy atom. The van der Waals surface area contributed by atoms with Crippen molar-refractivity contribution in [2.45, 2.75) is 45.1 Å². The van der Waals surface area contributed by atoms with Gasteiger partial charge in [0.1, 0.15) is 6.10 Å². The average Bonchev–Trinajstić information content (AvgIpc) is 2.30. The Hall–Kier alpha value is -1.31. The summed E-state index contributed by atoms with van der Waals surface area (Å²) < 4.78 is 5.42. The molecular formula is C14H18O2. The first-order chi connectivity index (χ1) is 7.81. The number of ether oxygens (including phenoxy) is 1. The fourth-order valence-corrected chi connectivity index (χ4v) is 2.18. The quantitative estimate of drug-likeness (QED) is 0.572. The number of cyclic esters (lactones) is 1. The third-order valence-electron chi connectivity index (χ3n) is 3.09. The fraction of sp³-hybridized carbons (Fsp3) is 0.500. The Kier molecular flexibility index (Phi) is 3.60. The van der Waals surface area contributed by atoms with Gasteiger partial charge in [0.25, 0.3) is 0 Å². The SMILES string of the molecule is CCCCCC1Cc2ccccc2C(=O)O1. The van der Waals surface area contributed by atoms with Crippen LogP contribution >= 0.6 is 0 Å². The van der Waals surface area contributed by atoms with Crippen LogP contribution < -0.4 is 0 Å². The number of hydrogen-bond donors (Lipinski definition) is 0. The van der Waals surface area contributed by atoms with Crippen molar-refractivity contribution in [2.24, 2.45) is 0 Å². The molecule has 0 radical (unpaired) electrons. The highest BCUT2D eigenvalue weighted by atomic mass is 16.5. The highest BCUT2D eigenvalue weighted by molar-refractivity contribution is 5.92. The largest absolute Gasteiger partial charge is 0.458 e. The molecule has 1 aromatic rings. The number of esters is 1. The molecule has 0 saturated carbocycles. The first-order valence-electron chi connectivity index (χ1n) is 6.10. The van der Waals surface area contributed by atoms with Gasteiger partial charge in [-0.25, -0.2) is 4.79 Å². The Labute approximate surface area is 96.6 Å². The van der Waals surface area contributed by atoms with Crippen LogP contribution in [0.1, 0.15) is 48.5 Å². The summed E-state index contributed by atoms with van der Waals surface area (Å²) in [6.07, 6.45) is 5.54. The first kappa shape index (κ1) is 11.2. The maximum atomic E-state index is 11.7. The topological polar surface area (TPSA) is 26.3 Å². The minimum atomic E-state index is -0.150. The van der Waals surface area contributed by atoms with Crippen molar-refractivity contribution >= 4 is 5.97 Å². The van der Waals surface area contributed by atoms with Crippen LogP contribution in [0.4, 0.5) is 0 Å². The van der Waals surface area contributed by atoms with Crippen molar-refractivity contribution < 1.29 is 9.53 Å². The van der Waals surface area contributed by atoms with Crippen molar-refractivity contribution in [3.05, 3.63) is 35.4 Å². The monoisotopic (exact) mass is 218 g/mol. The molecule has 0 spiro atoms. The third kappa shape index (κ3) is 2.43. The smallest absolute Gasteiger partial charge is 0.338 e. The van der Waals surface area contributed by atoms with Gasteiger partial charge in [0, 0.05) is 6.42 Å². The van der Waals surface area contributed by atoms with Gasteiger partial charge in [-0.3, -0.25) is 0 Å². The Balaban J connectivity index is 2.01. The maximum Gasteiger partial charge on any atom is 0.338 e. The zero-order chi connectivity index (χ0) is 11.4. The zero-order valence-electron chi connectivity index (χ0n) is 9.74. The third-order valence-corrected chi connectivity index (χ3v) is 3.09. The normalized spacial score (nSPS) is 19.1. The second-order valence-electron chi connectivity index (χ2n) is 4.38. The maximum absolute atomic E-state index is 11.7. The highest BCUT2D eigenvalue weighted by Crippen LogP contribution is 2.23. The van der Waals surface area contributed by atoms with Gasteiger partial charge in [-0.05, 0) is 24.5 Å². The van der Waals surface area contributed by atoms with E-state index in [0.717, 1.165) is 30.4 Å². The number of rotatable bonds is 4. The van der Waals surface area contributed by atoms with E-state index in [-0.39, 0.29) is 12.1 Å². The standard InChI is InChI=1S/C14H18O2/c1-2-3-4-8-12-10-11-7-5-6-9-13(11)14(15)16-12/h5-7,9,12H,2-4,8,10H2,1H3. The lowest BCUT2D eigenvalue weighted by Gasteiger charge is -2.24. The molecule has 1 heterocycles. The lowest BCUT2D eigenvalue weighted by molar-refractivity contribution is 0.0232. The summed E-state index contributed by atoms with van der Waals surface area (Å²) >= 11 is 0. The predicted molar refractivity (Wildman–Crippen MR) is 63.5 cm³/mol. The fourth-order valence-electron chi connectivity index (χ4n) is 2.18. The minimum Gasteiger partial charge on any atom is -0.458 e.